The van der Waals surface area contributed by atoms with E-state index in [0.717, 1.165) is 38.5 Å². The smallest absolute Gasteiger partial charge is 0.0902 e. The van der Waals surface area contributed by atoms with Gasteiger partial charge in [0.2, 0.25) is 0 Å². The maximum Gasteiger partial charge on any atom is 0.0902 e. The highest BCUT2D eigenvalue weighted by Gasteiger charge is 2.41. The number of fused-ring (bicyclic) bond motifs is 4. The summed E-state index contributed by atoms with van der Waals surface area (Å²) in [6.07, 6.45) is 8.45. The lowest BCUT2D eigenvalue weighted by Crippen LogP contribution is -2.33. The fourth-order valence-electron chi connectivity index (χ4n) is 3.96. The van der Waals surface area contributed by atoms with Crippen LogP contribution in [-0.2, 0) is 6.42 Å². The van der Waals surface area contributed by atoms with Gasteiger partial charge < -0.3 is 5.11 Å². The molecule has 1 atom stereocenters. The first-order chi connectivity index (χ1) is 8.78. The molecule has 18 heavy (non-hydrogen) atoms. The van der Waals surface area contributed by atoms with Gasteiger partial charge in [-0.15, -0.1) is 0 Å². The lowest BCUT2D eigenvalue weighted by Gasteiger charge is -2.37. The molecule has 0 radical (unpaired) electrons. The van der Waals surface area contributed by atoms with E-state index >= 15 is 0 Å². The lowest BCUT2D eigenvalue weighted by molar-refractivity contribution is 0.0704. The van der Waals surface area contributed by atoms with Crippen LogP contribution >= 0.6 is 0 Å². The first-order valence-electron chi connectivity index (χ1n) is 7.02. The molecule has 1 nitrogen and oxygen atoms in total. The molecule has 3 aliphatic rings. The van der Waals surface area contributed by atoms with Gasteiger partial charge in [0.1, 0.15) is 0 Å². The lowest BCUT2D eigenvalue weighted by atomic mass is 9.71. The maximum atomic E-state index is 10.7. The van der Waals surface area contributed by atoms with Crippen molar-refractivity contribution in [2.75, 3.05) is 0 Å². The Morgan fingerprint density at radius 1 is 0.944 bits per heavy atom. The number of rotatable bonds is 0. The van der Waals surface area contributed by atoms with Crippen molar-refractivity contribution in [3.63, 3.8) is 0 Å². The Morgan fingerprint density at radius 2 is 1.83 bits per heavy atom. The van der Waals surface area contributed by atoms with Gasteiger partial charge in [0.15, 0.2) is 0 Å². The van der Waals surface area contributed by atoms with E-state index in [4.69, 9.17) is 0 Å². The van der Waals surface area contributed by atoms with Gasteiger partial charge in [-0.1, -0.05) is 30.3 Å². The van der Waals surface area contributed by atoms with Gasteiger partial charge in [0.05, 0.1) is 5.60 Å². The van der Waals surface area contributed by atoms with Crippen LogP contribution in [0.3, 0.4) is 0 Å². The molecule has 1 aromatic carbocycles. The van der Waals surface area contributed by atoms with Crippen LogP contribution in [0.4, 0.5) is 0 Å². The molecular formula is C17H18O. The van der Waals surface area contributed by atoms with Crippen molar-refractivity contribution in [2.24, 2.45) is 0 Å². The second kappa shape index (κ2) is 3.58. The minimum absolute atomic E-state index is 0.495. The summed E-state index contributed by atoms with van der Waals surface area (Å²) in [5.74, 6) is 0. The van der Waals surface area contributed by atoms with Crippen LogP contribution in [0.25, 0.3) is 5.57 Å². The summed E-state index contributed by atoms with van der Waals surface area (Å²) >= 11 is 0. The summed E-state index contributed by atoms with van der Waals surface area (Å²) < 4.78 is 0. The third kappa shape index (κ3) is 1.31. The quantitative estimate of drug-likeness (QED) is 0.731. The predicted octanol–water partition coefficient (Wildman–Crippen LogP) is 3.63. The summed E-state index contributed by atoms with van der Waals surface area (Å²) in [6.45, 7) is 0. The number of benzene rings is 1. The van der Waals surface area contributed by atoms with Gasteiger partial charge in [-0.2, -0.15) is 0 Å². The van der Waals surface area contributed by atoms with Gasteiger partial charge in [-0.05, 0) is 66.4 Å². The van der Waals surface area contributed by atoms with Crippen molar-refractivity contribution >= 4 is 5.57 Å². The third-order valence-corrected chi connectivity index (χ3v) is 4.87. The summed E-state index contributed by atoms with van der Waals surface area (Å²) in [5.41, 5.74) is 6.66. The highest BCUT2D eigenvalue weighted by atomic mass is 16.3. The fraction of sp³-hybridized carbons (Fsp3) is 0.412. The van der Waals surface area contributed by atoms with Crippen LogP contribution in [-0.4, -0.2) is 10.7 Å². The second-order valence-electron chi connectivity index (χ2n) is 5.80. The van der Waals surface area contributed by atoms with Crippen LogP contribution in [0, 0.1) is 0 Å². The first kappa shape index (κ1) is 10.6. The number of aliphatic hydroxyl groups is 1. The van der Waals surface area contributed by atoms with Crippen molar-refractivity contribution in [3.05, 3.63) is 52.6 Å². The average Bonchev–Trinajstić information content (AvgIpc) is 2.80. The van der Waals surface area contributed by atoms with E-state index in [-0.39, 0.29) is 0 Å². The molecule has 1 aromatic rings. The Morgan fingerprint density at radius 3 is 2.78 bits per heavy atom. The first-order valence-corrected chi connectivity index (χ1v) is 7.02. The zero-order chi connectivity index (χ0) is 12.2. The van der Waals surface area contributed by atoms with Crippen LogP contribution < -0.4 is 0 Å². The van der Waals surface area contributed by atoms with Crippen LogP contribution in [0.15, 0.2) is 41.5 Å². The Hall–Kier alpha value is -1.34. The molecule has 0 amide bonds. The second-order valence-corrected chi connectivity index (χ2v) is 5.80. The van der Waals surface area contributed by atoms with E-state index < -0.39 is 5.60 Å². The van der Waals surface area contributed by atoms with E-state index in [1.54, 1.807) is 0 Å². The van der Waals surface area contributed by atoms with Gasteiger partial charge in [0, 0.05) is 0 Å². The molecule has 1 N–H and O–H groups in total. The minimum atomic E-state index is -0.495. The van der Waals surface area contributed by atoms with Gasteiger partial charge in [-0.25, -0.2) is 0 Å². The topological polar surface area (TPSA) is 20.2 Å². The number of allylic oxidation sites excluding steroid dienone is 2. The predicted molar refractivity (Wildman–Crippen MR) is 73.2 cm³/mol. The molecule has 0 saturated carbocycles. The number of hydrogen-bond donors (Lipinski definition) is 1. The van der Waals surface area contributed by atoms with E-state index in [0.29, 0.717) is 0 Å². The third-order valence-electron chi connectivity index (χ3n) is 4.87. The fourth-order valence-corrected chi connectivity index (χ4v) is 3.96. The van der Waals surface area contributed by atoms with Crippen molar-refractivity contribution in [3.8, 4) is 0 Å². The summed E-state index contributed by atoms with van der Waals surface area (Å²) in [7, 11) is 0. The molecule has 0 saturated heterocycles. The zero-order valence-electron chi connectivity index (χ0n) is 10.6. The monoisotopic (exact) mass is 238 g/mol. The molecule has 0 unspecified atom stereocenters. The van der Waals surface area contributed by atoms with E-state index in [1.807, 2.05) is 0 Å². The highest BCUT2D eigenvalue weighted by molar-refractivity contribution is 5.79. The van der Waals surface area contributed by atoms with Gasteiger partial charge >= 0.3 is 0 Å². The molecule has 0 fully saturated rings. The molecule has 1 heteroatoms. The summed E-state index contributed by atoms with van der Waals surface area (Å²) in [5, 5.41) is 10.7. The van der Waals surface area contributed by atoms with Gasteiger partial charge in [0.25, 0.3) is 0 Å². The van der Waals surface area contributed by atoms with Crippen molar-refractivity contribution in [2.45, 2.75) is 44.1 Å². The Bertz CT molecular complexity index is 579. The zero-order valence-corrected chi connectivity index (χ0v) is 10.6. The molecule has 0 aliphatic heterocycles. The molecule has 0 spiro atoms. The normalized spacial score (nSPS) is 29.5. The maximum absolute atomic E-state index is 10.7. The van der Waals surface area contributed by atoms with Gasteiger partial charge in [-0.3, -0.25) is 0 Å². The molecule has 4 rings (SSSR count). The SMILES string of the molecule is O[C@@]12CCC=C1C1=C(CC2)c2ccccc2CC1. The number of hydrogen-bond acceptors (Lipinski definition) is 1. The molecular weight excluding hydrogens is 220 g/mol. The molecule has 0 aromatic heterocycles. The van der Waals surface area contributed by atoms with E-state index in [1.165, 1.54) is 27.8 Å². The average molecular weight is 238 g/mol. The highest BCUT2D eigenvalue weighted by Crippen LogP contribution is 2.50. The van der Waals surface area contributed by atoms with Crippen molar-refractivity contribution in [1.29, 1.82) is 0 Å². The Kier molecular flexibility index (Phi) is 2.10. The molecule has 0 heterocycles. The molecule has 92 valence electrons. The number of aryl methyl sites for hydroxylation is 1. The van der Waals surface area contributed by atoms with Crippen LogP contribution in [0.5, 0.6) is 0 Å². The minimum Gasteiger partial charge on any atom is -0.385 e. The van der Waals surface area contributed by atoms with Crippen molar-refractivity contribution < 1.29 is 5.11 Å². The molecule has 0 bridgehead atoms. The summed E-state index contributed by atoms with van der Waals surface area (Å²) in [4.78, 5) is 0. The largest absolute Gasteiger partial charge is 0.385 e. The molecule has 3 aliphatic carbocycles. The Labute approximate surface area is 108 Å². The van der Waals surface area contributed by atoms with E-state index in [2.05, 4.69) is 30.3 Å². The van der Waals surface area contributed by atoms with Crippen LogP contribution in [0.1, 0.15) is 43.2 Å². The van der Waals surface area contributed by atoms with E-state index in [9.17, 15) is 5.11 Å². The van der Waals surface area contributed by atoms with Crippen molar-refractivity contribution in [1.82, 2.24) is 0 Å². The summed E-state index contributed by atoms with van der Waals surface area (Å²) in [6, 6.07) is 8.78. The van der Waals surface area contributed by atoms with Crippen LogP contribution in [0.2, 0.25) is 0 Å². The standard InChI is InChI=1S/C17H18O/c18-17-10-3-6-16(17)15-8-7-12-4-1-2-5-13(12)14(15)9-11-17/h1-2,4-6,18H,3,7-11H2/t17-/m1/s1. The Balaban J connectivity index is 1.90.